The second kappa shape index (κ2) is 6.56. The van der Waals surface area contributed by atoms with Gasteiger partial charge in [0.2, 0.25) is 10.0 Å². The highest BCUT2D eigenvalue weighted by molar-refractivity contribution is 7.89. The first-order valence-corrected chi connectivity index (χ1v) is 8.49. The van der Waals surface area contributed by atoms with Crippen molar-refractivity contribution >= 4 is 10.0 Å². The zero-order chi connectivity index (χ0) is 14.6. The average Bonchev–Trinajstić information content (AvgIpc) is 2.46. The molecule has 0 aromatic heterocycles. The van der Waals surface area contributed by atoms with E-state index in [2.05, 4.69) is 4.72 Å². The van der Waals surface area contributed by atoms with Gasteiger partial charge in [-0.2, -0.15) is 0 Å². The summed E-state index contributed by atoms with van der Waals surface area (Å²) in [7, 11) is -3.63. The van der Waals surface area contributed by atoms with Gasteiger partial charge < -0.3 is 10.8 Å². The molecule has 2 rings (SSSR count). The summed E-state index contributed by atoms with van der Waals surface area (Å²) in [6.45, 7) is 1.14. The first-order chi connectivity index (χ1) is 9.53. The molecule has 1 aromatic rings. The highest BCUT2D eigenvalue weighted by atomic mass is 32.2. The molecule has 0 unspecified atom stereocenters. The number of aromatic hydroxyl groups is 1. The van der Waals surface area contributed by atoms with Crippen LogP contribution in [-0.2, 0) is 10.0 Å². The summed E-state index contributed by atoms with van der Waals surface area (Å²) in [5, 5.41) is 9.62. The quantitative estimate of drug-likeness (QED) is 0.767. The lowest BCUT2D eigenvalue weighted by molar-refractivity contribution is 0.280. The third kappa shape index (κ3) is 3.71. The molecule has 112 valence electrons. The van der Waals surface area contributed by atoms with E-state index in [1.54, 1.807) is 12.1 Å². The van der Waals surface area contributed by atoms with E-state index < -0.39 is 10.0 Å². The number of hydrogen-bond acceptors (Lipinski definition) is 4. The molecule has 0 saturated heterocycles. The lowest BCUT2D eigenvalue weighted by atomic mass is 9.82. The van der Waals surface area contributed by atoms with Crippen molar-refractivity contribution in [3.8, 4) is 5.75 Å². The number of nitrogens with two attached hydrogens (primary N) is 1. The van der Waals surface area contributed by atoms with Gasteiger partial charge in [-0.3, -0.25) is 0 Å². The number of hydrogen-bond donors (Lipinski definition) is 3. The maximum Gasteiger partial charge on any atom is 0.244 e. The zero-order valence-corrected chi connectivity index (χ0v) is 12.3. The van der Waals surface area contributed by atoms with Gasteiger partial charge in [0.05, 0.1) is 0 Å². The van der Waals surface area contributed by atoms with Crippen molar-refractivity contribution in [1.82, 2.24) is 4.72 Å². The average molecular weight is 298 g/mol. The second-order valence-electron chi connectivity index (χ2n) is 5.44. The Morgan fingerprint density at radius 3 is 2.35 bits per heavy atom. The predicted octanol–water partition coefficient (Wildman–Crippen LogP) is 1.44. The summed E-state index contributed by atoms with van der Waals surface area (Å²) in [6, 6.07) is 5.98. The molecule has 1 fully saturated rings. The van der Waals surface area contributed by atoms with Gasteiger partial charge in [0, 0.05) is 6.54 Å². The molecular weight excluding hydrogens is 276 g/mol. The minimum absolute atomic E-state index is 0.0596. The van der Waals surface area contributed by atoms with Gasteiger partial charge in [0.15, 0.2) is 0 Å². The molecule has 0 aliphatic heterocycles. The van der Waals surface area contributed by atoms with Crippen molar-refractivity contribution in [2.45, 2.75) is 30.6 Å². The van der Waals surface area contributed by atoms with Crippen LogP contribution in [-0.4, -0.2) is 26.6 Å². The normalized spacial score (nSPS) is 23.6. The first-order valence-electron chi connectivity index (χ1n) is 7.00. The molecule has 0 spiro atoms. The minimum Gasteiger partial charge on any atom is -0.507 e. The molecule has 1 saturated carbocycles. The van der Waals surface area contributed by atoms with Crippen LogP contribution in [0.1, 0.15) is 25.7 Å². The summed E-state index contributed by atoms with van der Waals surface area (Å²) < 4.78 is 26.8. The number of para-hydroxylation sites is 1. The minimum atomic E-state index is -3.63. The van der Waals surface area contributed by atoms with E-state index in [9.17, 15) is 13.5 Å². The van der Waals surface area contributed by atoms with Crippen LogP contribution >= 0.6 is 0 Å². The van der Waals surface area contributed by atoms with Crippen LogP contribution in [0.4, 0.5) is 0 Å². The summed E-state index contributed by atoms with van der Waals surface area (Å²) >= 11 is 0. The van der Waals surface area contributed by atoms with Crippen molar-refractivity contribution in [2.24, 2.45) is 17.6 Å². The van der Waals surface area contributed by atoms with E-state index in [1.165, 1.54) is 12.1 Å². The van der Waals surface area contributed by atoms with Crippen LogP contribution in [0.15, 0.2) is 29.2 Å². The molecule has 4 N–H and O–H groups in total. The van der Waals surface area contributed by atoms with Crippen LogP contribution < -0.4 is 10.5 Å². The van der Waals surface area contributed by atoms with Crippen LogP contribution in [0.3, 0.4) is 0 Å². The maximum atomic E-state index is 12.1. The zero-order valence-electron chi connectivity index (χ0n) is 11.5. The van der Waals surface area contributed by atoms with E-state index in [0.29, 0.717) is 18.4 Å². The van der Waals surface area contributed by atoms with Crippen molar-refractivity contribution in [1.29, 1.82) is 0 Å². The summed E-state index contributed by atoms with van der Waals surface area (Å²) in [6.07, 6.45) is 4.15. The Bertz CT molecular complexity index is 537. The highest BCUT2D eigenvalue weighted by Gasteiger charge is 2.23. The molecule has 0 bridgehead atoms. The van der Waals surface area contributed by atoms with E-state index in [-0.39, 0.29) is 10.6 Å². The van der Waals surface area contributed by atoms with E-state index in [0.717, 1.165) is 32.2 Å². The predicted molar refractivity (Wildman–Crippen MR) is 77.8 cm³/mol. The van der Waals surface area contributed by atoms with Crippen molar-refractivity contribution in [3.63, 3.8) is 0 Å². The number of sulfonamides is 1. The maximum absolute atomic E-state index is 12.1. The number of rotatable bonds is 5. The molecular formula is C14H22N2O3S. The van der Waals surface area contributed by atoms with E-state index in [1.807, 2.05) is 0 Å². The van der Waals surface area contributed by atoms with Crippen molar-refractivity contribution in [3.05, 3.63) is 24.3 Å². The number of nitrogens with one attached hydrogen (secondary N) is 1. The molecule has 0 amide bonds. The molecule has 5 nitrogen and oxygen atoms in total. The molecule has 0 atom stereocenters. The smallest absolute Gasteiger partial charge is 0.244 e. The number of phenolic OH excluding ortho intramolecular Hbond substituents is 1. The Kier molecular flexibility index (Phi) is 5.01. The van der Waals surface area contributed by atoms with Gasteiger partial charge in [-0.25, -0.2) is 13.1 Å². The van der Waals surface area contributed by atoms with Crippen molar-refractivity contribution in [2.75, 3.05) is 13.1 Å². The Morgan fingerprint density at radius 2 is 1.75 bits per heavy atom. The molecule has 1 aliphatic rings. The molecule has 0 heterocycles. The van der Waals surface area contributed by atoms with E-state index in [4.69, 9.17) is 5.73 Å². The lowest BCUT2D eigenvalue weighted by Crippen LogP contribution is -2.32. The topological polar surface area (TPSA) is 92.4 Å². The monoisotopic (exact) mass is 298 g/mol. The third-order valence-electron chi connectivity index (χ3n) is 4.02. The Hall–Kier alpha value is -1.11. The van der Waals surface area contributed by atoms with Gasteiger partial charge in [-0.05, 0) is 56.2 Å². The first kappa shape index (κ1) is 15.3. The molecule has 20 heavy (non-hydrogen) atoms. The highest BCUT2D eigenvalue weighted by Crippen LogP contribution is 2.28. The van der Waals surface area contributed by atoms with Crippen molar-refractivity contribution < 1.29 is 13.5 Å². The molecule has 0 radical (unpaired) electrons. The largest absolute Gasteiger partial charge is 0.507 e. The van der Waals surface area contributed by atoms with Crippen LogP contribution in [0.2, 0.25) is 0 Å². The lowest BCUT2D eigenvalue weighted by Gasteiger charge is -2.27. The number of phenols is 1. The van der Waals surface area contributed by atoms with Gasteiger partial charge in [-0.1, -0.05) is 12.1 Å². The molecule has 1 aromatic carbocycles. The fourth-order valence-corrected chi connectivity index (χ4v) is 3.87. The second-order valence-corrected chi connectivity index (χ2v) is 7.18. The van der Waals surface area contributed by atoms with Gasteiger partial charge in [0.25, 0.3) is 0 Å². The molecule has 1 aliphatic carbocycles. The SMILES string of the molecule is NCC1CCC(CNS(=O)(=O)c2ccccc2O)CC1. The molecule has 6 heteroatoms. The standard InChI is InChI=1S/C14H22N2O3S/c15-9-11-5-7-12(8-6-11)10-16-20(18,19)14-4-2-1-3-13(14)17/h1-4,11-12,16-17H,5-10,15H2. The summed E-state index contributed by atoms with van der Waals surface area (Å²) in [5.41, 5.74) is 5.65. The number of benzene rings is 1. The van der Waals surface area contributed by atoms with Crippen LogP contribution in [0.25, 0.3) is 0 Å². The fraction of sp³-hybridized carbons (Fsp3) is 0.571. The fourth-order valence-electron chi connectivity index (χ4n) is 2.66. The van der Waals surface area contributed by atoms with E-state index >= 15 is 0 Å². The Morgan fingerprint density at radius 1 is 1.15 bits per heavy atom. The summed E-state index contributed by atoms with van der Waals surface area (Å²) in [4.78, 5) is -0.0596. The third-order valence-corrected chi connectivity index (χ3v) is 5.49. The van der Waals surface area contributed by atoms with Crippen LogP contribution in [0.5, 0.6) is 5.75 Å². The summed E-state index contributed by atoms with van der Waals surface area (Å²) in [5.74, 6) is 0.728. The van der Waals surface area contributed by atoms with Gasteiger partial charge >= 0.3 is 0 Å². The Labute approximate surface area is 120 Å². The van der Waals surface area contributed by atoms with Crippen LogP contribution in [0, 0.1) is 11.8 Å². The van der Waals surface area contributed by atoms with Gasteiger partial charge in [-0.15, -0.1) is 0 Å². The van der Waals surface area contributed by atoms with Gasteiger partial charge in [0.1, 0.15) is 10.6 Å². The Balaban J connectivity index is 1.92.